The first-order chi connectivity index (χ1) is 7.59. The zero-order chi connectivity index (χ0) is 12.0. The van der Waals surface area contributed by atoms with Crippen LogP contribution in [0.25, 0.3) is 0 Å². The molecule has 1 aromatic carbocycles. The maximum Gasteiger partial charge on any atom is 0.230 e. The van der Waals surface area contributed by atoms with Gasteiger partial charge in [0.15, 0.2) is 0 Å². The average Bonchev–Trinajstić information content (AvgIpc) is 2.25. The zero-order valence-corrected chi connectivity index (χ0v) is 10.9. The van der Waals surface area contributed by atoms with Gasteiger partial charge in [-0.3, -0.25) is 4.79 Å². The Kier molecular flexibility index (Phi) is 5.39. The number of thioether (sulfide) groups is 1. The first kappa shape index (κ1) is 13.1. The molecule has 0 fully saturated rings. The molecule has 1 rings (SSSR count). The van der Waals surface area contributed by atoms with Crippen molar-refractivity contribution in [1.82, 2.24) is 5.32 Å². The molecule has 2 nitrogen and oxygen atoms in total. The van der Waals surface area contributed by atoms with E-state index in [1.165, 1.54) is 10.5 Å². The van der Waals surface area contributed by atoms with Crippen molar-refractivity contribution < 1.29 is 4.79 Å². The van der Waals surface area contributed by atoms with Gasteiger partial charge in [-0.2, -0.15) is 0 Å². The Hall–Kier alpha value is -0.960. The monoisotopic (exact) mass is 237 g/mol. The van der Waals surface area contributed by atoms with Gasteiger partial charge >= 0.3 is 0 Å². The van der Waals surface area contributed by atoms with Crippen molar-refractivity contribution in [2.24, 2.45) is 5.92 Å². The first-order valence-corrected chi connectivity index (χ1v) is 6.53. The molecule has 0 aliphatic heterocycles. The molecule has 1 N–H and O–H groups in total. The van der Waals surface area contributed by atoms with E-state index in [-0.39, 0.29) is 5.91 Å². The summed E-state index contributed by atoms with van der Waals surface area (Å²) in [6.07, 6.45) is 0. The van der Waals surface area contributed by atoms with E-state index in [0.29, 0.717) is 11.7 Å². The summed E-state index contributed by atoms with van der Waals surface area (Å²) in [6.45, 7) is 7.01. The number of carbonyl (C=O) groups is 1. The number of rotatable bonds is 5. The third kappa shape index (κ3) is 4.71. The zero-order valence-electron chi connectivity index (χ0n) is 10.1. The number of nitrogens with one attached hydrogen (secondary N) is 1. The van der Waals surface area contributed by atoms with E-state index < -0.39 is 0 Å². The summed E-state index contributed by atoms with van der Waals surface area (Å²) >= 11 is 1.59. The molecule has 0 radical (unpaired) electrons. The smallest absolute Gasteiger partial charge is 0.230 e. The summed E-state index contributed by atoms with van der Waals surface area (Å²) < 4.78 is 0. The summed E-state index contributed by atoms with van der Waals surface area (Å²) in [4.78, 5) is 12.7. The van der Waals surface area contributed by atoms with Crippen LogP contribution in [0.3, 0.4) is 0 Å². The molecule has 3 heteroatoms. The van der Waals surface area contributed by atoms with Crippen molar-refractivity contribution in [3.05, 3.63) is 29.8 Å². The molecule has 0 spiro atoms. The first-order valence-electron chi connectivity index (χ1n) is 5.54. The maximum absolute atomic E-state index is 11.5. The Morgan fingerprint density at radius 3 is 2.69 bits per heavy atom. The number of aryl methyl sites for hydroxylation is 1. The number of benzene rings is 1. The molecule has 0 saturated carbocycles. The van der Waals surface area contributed by atoms with Crippen LogP contribution in [0.5, 0.6) is 0 Å². The molecule has 0 aliphatic rings. The summed E-state index contributed by atoms with van der Waals surface area (Å²) in [5.41, 5.74) is 1.23. The molecular weight excluding hydrogens is 218 g/mol. The molecular formula is C13H19NOS. The topological polar surface area (TPSA) is 29.1 Å². The van der Waals surface area contributed by atoms with E-state index in [2.05, 4.69) is 38.2 Å². The van der Waals surface area contributed by atoms with E-state index in [1.807, 2.05) is 12.1 Å². The predicted octanol–water partition coefficient (Wildman–Crippen LogP) is 2.86. The fourth-order valence-corrected chi connectivity index (χ4v) is 2.09. The minimum absolute atomic E-state index is 0.113. The van der Waals surface area contributed by atoms with Gasteiger partial charge in [-0.15, -0.1) is 11.8 Å². The van der Waals surface area contributed by atoms with Gasteiger partial charge in [-0.25, -0.2) is 0 Å². The highest BCUT2D eigenvalue weighted by molar-refractivity contribution is 8.00. The van der Waals surface area contributed by atoms with Gasteiger partial charge in [0.2, 0.25) is 5.91 Å². The van der Waals surface area contributed by atoms with Crippen LogP contribution in [0.4, 0.5) is 0 Å². The average molecular weight is 237 g/mol. The van der Waals surface area contributed by atoms with E-state index in [4.69, 9.17) is 0 Å². The minimum atomic E-state index is 0.113. The van der Waals surface area contributed by atoms with E-state index >= 15 is 0 Å². The minimum Gasteiger partial charge on any atom is -0.355 e. The molecule has 0 aromatic heterocycles. The van der Waals surface area contributed by atoms with Crippen molar-refractivity contribution in [2.75, 3.05) is 12.3 Å². The predicted molar refractivity (Wildman–Crippen MR) is 69.8 cm³/mol. The Labute approximate surface area is 102 Å². The largest absolute Gasteiger partial charge is 0.355 e. The van der Waals surface area contributed by atoms with Gasteiger partial charge in [-0.1, -0.05) is 32.0 Å². The Balaban J connectivity index is 2.35. The Morgan fingerprint density at radius 1 is 1.38 bits per heavy atom. The second-order valence-electron chi connectivity index (χ2n) is 4.25. The second-order valence-corrected chi connectivity index (χ2v) is 5.27. The van der Waals surface area contributed by atoms with Gasteiger partial charge in [-0.05, 0) is 24.5 Å². The molecule has 0 heterocycles. The number of carbonyl (C=O) groups excluding carboxylic acids is 1. The normalized spacial score (nSPS) is 10.5. The lowest BCUT2D eigenvalue weighted by Crippen LogP contribution is -2.28. The van der Waals surface area contributed by atoms with Crippen LogP contribution in [0.15, 0.2) is 29.2 Å². The Morgan fingerprint density at radius 2 is 2.06 bits per heavy atom. The van der Waals surface area contributed by atoms with Crippen LogP contribution in [0.2, 0.25) is 0 Å². The van der Waals surface area contributed by atoms with Crippen molar-refractivity contribution >= 4 is 17.7 Å². The highest BCUT2D eigenvalue weighted by atomic mass is 32.2. The Bertz CT molecular complexity index is 350. The third-order valence-electron chi connectivity index (χ3n) is 2.16. The molecule has 0 atom stereocenters. The second kappa shape index (κ2) is 6.59. The molecule has 0 saturated heterocycles. The molecule has 88 valence electrons. The van der Waals surface area contributed by atoms with Crippen molar-refractivity contribution in [3.8, 4) is 0 Å². The van der Waals surface area contributed by atoms with Crippen LogP contribution in [0.1, 0.15) is 19.4 Å². The quantitative estimate of drug-likeness (QED) is 0.798. The van der Waals surface area contributed by atoms with Gasteiger partial charge in [0.25, 0.3) is 0 Å². The van der Waals surface area contributed by atoms with Gasteiger partial charge in [0.1, 0.15) is 0 Å². The van der Waals surface area contributed by atoms with Crippen LogP contribution < -0.4 is 5.32 Å². The summed E-state index contributed by atoms with van der Waals surface area (Å²) in [7, 11) is 0. The van der Waals surface area contributed by atoms with Crippen LogP contribution in [-0.4, -0.2) is 18.2 Å². The molecule has 0 aliphatic carbocycles. The lowest BCUT2D eigenvalue weighted by atomic mass is 10.2. The fourth-order valence-electron chi connectivity index (χ4n) is 1.23. The van der Waals surface area contributed by atoms with Crippen molar-refractivity contribution in [2.45, 2.75) is 25.7 Å². The number of amides is 1. The molecule has 0 bridgehead atoms. The van der Waals surface area contributed by atoms with E-state index in [9.17, 15) is 4.79 Å². The van der Waals surface area contributed by atoms with Crippen LogP contribution in [-0.2, 0) is 4.79 Å². The lowest BCUT2D eigenvalue weighted by molar-refractivity contribution is -0.118. The van der Waals surface area contributed by atoms with E-state index in [1.54, 1.807) is 11.8 Å². The standard InChI is InChI=1S/C13H19NOS/c1-10(2)8-14-13(15)9-16-12-7-5-4-6-11(12)3/h4-7,10H,8-9H2,1-3H3,(H,14,15). The number of hydrogen-bond donors (Lipinski definition) is 1. The summed E-state index contributed by atoms with van der Waals surface area (Å²) in [5, 5.41) is 2.91. The van der Waals surface area contributed by atoms with Crippen LogP contribution in [0, 0.1) is 12.8 Å². The lowest BCUT2D eigenvalue weighted by Gasteiger charge is -2.08. The van der Waals surface area contributed by atoms with Crippen LogP contribution >= 0.6 is 11.8 Å². The van der Waals surface area contributed by atoms with Gasteiger partial charge in [0, 0.05) is 11.4 Å². The molecule has 1 amide bonds. The van der Waals surface area contributed by atoms with Gasteiger partial charge < -0.3 is 5.32 Å². The maximum atomic E-state index is 11.5. The highest BCUT2D eigenvalue weighted by Gasteiger charge is 2.04. The third-order valence-corrected chi connectivity index (χ3v) is 3.34. The van der Waals surface area contributed by atoms with Gasteiger partial charge in [0.05, 0.1) is 5.75 Å². The fraction of sp³-hybridized carbons (Fsp3) is 0.462. The summed E-state index contributed by atoms with van der Waals surface area (Å²) in [6, 6.07) is 8.13. The molecule has 1 aromatic rings. The highest BCUT2D eigenvalue weighted by Crippen LogP contribution is 2.21. The number of hydrogen-bond acceptors (Lipinski definition) is 2. The molecule has 0 unspecified atom stereocenters. The van der Waals surface area contributed by atoms with Crippen molar-refractivity contribution in [3.63, 3.8) is 0 Å². The SMILES string of the molecule is Cc1ccccc1SCC(=O)NCC(C)C. The van der Waals surface area contributed by atoms with Crippen molar-refractivity contribution in [1.29, 1.82) is 0 Å². The summed E-state index contributed by atoms with van der Waals surface area (Å²) in [5.74, 6) is 1.12. The van der Waals surface area contributed by atoms with E-state index in [0.717, 1.165) is 6.54 Å². The molecule has 16 heavy (non-hydrogen) atoms.